The van der Waals surface area contributed by atoms with Crippen LogP contribution in [0.1, 0.15) is 88.0 Å². The molecule has 3 atom stereocenters. The number of carbonyl (C=O) groups excluding carboxylic acids is 2. The Morgan fingerprint density at radius 1 is 1.05 bits per heavy atom. The van der Waals surface area contributed by atoms with Gasteiger partial charge in [-0.25, -0.2) is 8.78 Å². The highest BCUT2D eigenvalue weighted by molar-refractivity contribution is 6.31. The lowest BCUT2D eigenvalue weighted by atomic mass is 9.69. The van der Waals surface area contributed by atoms with Crippen LogP contribution < -0.4 is 5.32 Å². The van der Waals surface area contributed by atoms with E-state index in [0.29, 0.717) is 36.8 Å². The SMILES string of the molecule is Cc1cc2c(cc1Cl)C1(CCN(C(=O)[C@@H]3CN(C(C)(C)C)C[C@H]3c3ccc(F)cc3F)CC1)C[C@@H]2C(C)(C)C(=O)NCCO. The molecule has 5 rings (SSSR count). The molecule has 0 bridgehead atoms. The Morgan fingerprint density at radius 3 is 2.34 bits per heavy atom. The minimum absolute atomic E-state index is 0.0146. The first-order valence-electron chi connectivity index (χ1n) is 15.8. The molecule has 0 aromatic heterocycles. The lowest BCUT2D eigenvalue weighted by Gasteiger charge is -2.42. The summed E-state index contributed by atoms with van der Waals surface area (Å²) in [7, 11) is 0. The number of hydrogen-bond donors (Lipinski definition) is 2. The normalized spacial score (nSPS) is 23.7. The summed E-state index contributed by atoms with van der Waals surface area (Å²) in [6.07, 6.45) is 2.25. The third-order valence-electron chi connectivity index (χ3n) is 10.7. The lowest BCUT2D eigenvalue weighted by molar-refractivity contribution is -0.137. The van der Waals surface area contributed by atoms with Crippen molar-refractivity contribution in [1.82, 2.24) is 15.1 Å². The zero-order valence-electron chi connectivity index (χ0n) is 26.8. The predicted molar refractivity (Wildman–Crippen MR) is 169 cm³/mol. The molecule has 0 radical (unpaired) electrons. The van der Waals surface area contributed by atoms with Crippen LogP contribution in [-0.2, 0) is 15.0 Å². The van der Waals surface area contributed by atoms with Crippen LogP contribution >= 0.6 is 11.6 Å². The molecule has 6 nitrogen and oxygen atoms in total. The first-order chi connectivity index (χ1) is 20.6. The molecule has 2 N–H and O–H groups in total. The molecule has 2 saturated heterocycles. The standard InChI is InChI=1S/C35H46ClF2N3O3/c1-21-15-24-27(17-29(21)36)35(18-28(24)34(5,6)32(44)39-11-14-42)9-12-40(13-10-35)31(43)26-20-41(33(2,3)4)19-25(26)23-8-7-22(37)16-30(23)38/h7-8,15-17,25-26,28,42H,9-14,18-20H2,1-6H3,(H,39,44)/t25-,26+,28-/m0/s1. The number of aryl methyl sites for hydroxylation is 1. The molecule has 2 fully saturated rings. The summed E-state index contributed by atoms with van der Waals surface area (Å²) >= 11 is 6.67. The van der Waals surface area contributed by atoms with Gasteiger partial charge >= 0.3 is 0 Å². The van der Waals surface area contributed by atoms with Crippen LogP contribution in [0.2, 0.25) is 5.02 Å². The first kappa shape index (κ1) is 32.8. The van der Waals surface area contributed by atoms with Crippen molar-refractivity contribution in [2.45, 2.75) is 83.6 Å². The fourth-order valence-corrected chi connectivity index (χ4v) is 8.01. The Morgan fingerprint density at radius 2 is 1.73 bits per heavy atom. The molecule has 2 aromatic rings. The minimum Gasteiger partial charge on any atom is -0.395 e. The molecule has 2 amide bonds. The highest BCUT2D eigenvalue weighted by atomic mass is 35.5. The molecule has 1 aliphatic carbocycles. The van der Waals surface area contributed by atoms with E-state index in [1.807, 2.05) is 25.7 Å². The number of carbonyl (C=O) groups is 2. The van der Waals surface area contributed by atoms with Crippen LogP contribution in [0.15, 0.2) is 30.3 Å². The van der Waals surface area contributed by atoms with Gasteiger partial charge in [0.25, 0.3) is 0 Å². The molecule has 2 heterocycles. The van der Waals surface area contributed by atoms with Gasteiger partial charge in [0.15, 0.2) is 0 Å². The molecule has 0 saturated carbocycles. The number of aliphatic hydroxyl groups is 1. The van der Waals surface area contributed by atoms with E-state index in [9.17, 15) is 19.1 Å². The van der Waals surface area contributed by atoms with Crippen molar-refractivity contribution in [2.24, 2.45) is 11.3 Å². The second-order valence-electron chi connectivity index (χ2n) is 14.7. The maximum Gasteiger partial charge on any atom is 0.227 e. The van der Waals surface area contributed by atoms with Gasteiger partial charge in [0.1, 0.15) is 11.6 Å². The van der Waals surface area contributed by atoms with Gasteiger partial charge in [-0.15, -0.1) is 0 Å². The summed E-state index contributed by atoms with van der Waals surface area (Å²) < 4.78 is 28.8. The Labute approximate surface area is 265 Å². The van der Waals surface area contributed by atoms with Crippen molar-refractivity contribution >= 4 is 23.4 Å². The number of fused-ring (bicyclic) bond motifs is 2. The quantitative estimate of drug-likeness (QED) is 0.416. The van der Waals surface area contributed by atoms with E-state index in [0.717, 1.165) is 36.5 Å². The second kappa shape index (κ2) is 12.0. The van der Waals surface area contributed by atoms with Crippen LogP contribution in [-0.4, -0.2) is 71.6 Å². The Balaban J connectivity index is 1.40. The van der Waals surface area contributed by atoms with Crippen molar-refractivity contribution in [3.05, 3.63) is 69.2 Å². The van der Waals surface area contributed by atoms with Crippen molar-refractivity contribution < 1.29 is 23.5 Å². The zero-order chi connectivity index (χ0) is 32.2. The monoisotopic (exact) mass is 629 g/mol. The van der Waals surface area contributed by atoms with Gasteiger partial charge in [0.2, 0.25) is 11.8 Å². The maximum atomic E-state index is 15.0. The van der Waals surface area contributed by atoms with Gasteiger partial charge in [-0.3, -0.25) is 14.5 Å². The van der Waals surface area contributed by atoms with E-state index in [2.05, 4.69) is 43.1 Å². The molecule has 9 heteroatoms. The third kappa shape index (κ3) is 5.90. The molecular formula is C35H46ClF2N3O3. The second-order valence-corrected chi connectivity index (χ2v) is 15.1. The predicted octanol–water partition coefficient (Wildman–Crippen LogP) is 5.92. The fourth-order valence-electron chi connectivity index (χ4n) is 7.84. The molecular weight excluding hydrogens is 584 g/mol. The summed E-state index contributed by atoms with van der Waals surface area (Å²) in [6.45, 7) is 14.4. The highest BCUT2D eigenvalue weighted by Crippen LogP contribution is 2.58. The number of hydrogen-bond acceptors (Lipinski definition) is 4. The topological polar surface area (TPSA) is 72.9 Å². The number of likely N-dealkylation sites (tertiary alicyclic amines) is 2. The van der Waals surface area contributed by atoms with Gasteiger partial charge in [-0.1, -0.05) is 37.6 Å². The Kier molecular flexibility index (Phi) is 8.95. The number of amides is 2. The summed E-state index contributed by atoms with van der Waals surface area (Å²) in [5.74, 6) is -2.15. The van der Waals surface area contributed by atoms with Crippen molar-refractivity contribution in [3.63, 3.8) is 0 Å². The van der Waals surface area contributed by atoms with E-state index >= 15 is 4.39 Å². The average molecular weight is 630 g/mol. The van der Waals surface area contributed by atoms with Gasteiger partial charge in [0.05, 0.1) is 17.9 Å². The molecule has 44 heavy (non-hydrogen) atoms. The summed E-state index contributed by atoms with van der Waals surface area (Å²) in [4.78, 5) is 31.6. The van der Waals surface area contributed by atoms with E-state index in [4.69, 9.17) is 11.6 Å². The third-order valence-corrected chi connectivity index (χ3v) is 11.1. The smallest absolute Gasteiger partial charge is 0.227 e. The minimum atomic E-state index is -0.715. The van der Waals surface area contributed by atoms with Crippen LogP contribution in [0, 0.1) is 29.9 Å². The summed E-state index contributed by atoms with van der Waals surface area (Å²) in [5.41, 5.74) is 2.52. The number of aliphatic hydroxyl groups excluding tert-OH is 1. The maximum absolute atomic E-state index is 15.0. The largest absolute Gasteiger partial charge is 0.395 e. The van der Waals surface area contributed by atoms with E-state index in [1.54, 1.807) is 0 Å². The van der Waals surface area contributed by atoms with Gasteiger partial charge in [0, 0.05) is 55.3 Å². The number of halogens is 3. The summed E-state index contributed by atoms with van der Waals surface area (Å²) in [6, 6.07) is 7.87. The summed E-state index contributed by atoms with van der Waals surface area (Å²) in [5, 5.41) is 12.8. The van der Waals surface area contributed by atoms with Gasteiger partial charge < -0.3 is 15.3 Å². The van der Waals surface area contributed by atoms with E-state index < -0.39 is 23.0 Å². The zero-order valence-corrected chi connectivity index (χ0v) is 27.5. The Bertz CT molecular complexity index is 1430. The van der Waals surface area contributed by atoms with E-state index in [1.165, 1.54) is 17.7 Å². The van der Waals surface area contributed by atoms with Crippen LogP contribution in [0.3, 0.4) is 0 Å². The van der Waals surface area contributed by atoms with Gasteiger partial charge in [-0.2, -0.15) is 0 Å². The fraction of sp³-hybridized carbons (Fsp3) is 0.600. The highest BCUT2D eigenvalue weighted by Gasteiger charge is 2.53. The average Bonchev–Trinajstić information content (AvgIpc) is 3.53. The number of rotatable bonds is 6. The number of piperidine rings is 1. The number of nitrogens with one attached hydrogen (secondary N) is 1. The van der Waals surface area contributed by atoms with E-state index in [-0.39, 0.29) is 47.8 Å². The van der Waals surface area contributed by atoms with Crippen LogP contribution in [0.5, 0.6) is 0 Å². The number of benzene rings is 2. The molecule has 240 valence electrons. The molecule has 1 spiro atoms. The molecule has 2 aromatic carbocycles. The van der Waals surface area contributed by atoms with Crippen molar-refractivity contribution in [2.75, 3.05) is 39.3 Å². The first-order valence-corrected chi connectivity index (χ1v) is 16.2. The van der Waals surface area contributed by atoms with Crippen molar-refractivity contribution in [3.8, 4) is 0 Å². The lowest BCUT2D eigenvalue weighted by Crippen LogP contribution is -2.48. The molecule has 0 unspecified atom stereocenters. The van der Waals surface area contributed by atoms with Crippen LogP contribution in [0.25, 0.3) is 0 Å². The number of nitrogens with zero attached hydrogens (tertiary/aromatic N) is 2. The molecule has 3 aliphatic rings. The molecule has 2 aliphatic heterocycles. The van der Waals surface area contributed by atoms with Crippen molar-refractivity contribution in [1.29, 1.82) is 0 Å². The Hall–Kier alpha value is -2.55. The van der Waals surface area contributed by atoms with Gasteiger partial charge in [-0.05, 0) is 92.7 Å². The van der Waals surface area contributed by atoms with Crippen LogP contribution in [0.4, 0.5) is 8.78 Å².